The number of amides is 2. The third kappa shape index (κ3) is 3.43. The first kappa shape index (κ1) is 16.4. The van der Waals surface area contributed by atoms with E-state index < -0.39 is 47.5 Å². The van der Waals surface area contributed by atoms with Crippen molar-refractivity contribution in [1.82, 2.24) is 15.8 Å². The monoisotopic (exact) mass is 322 g/mol. The second-order valence-corrected chi connectivity index (χ2v) is 5.02. The van der Waals surface area contributed by atoms with Crippen LogP contribution in [0.4, 0.5) is 0 Å². The Morgan fingerprint density at radius 3 is 2.39 bits per heavy atom. The van der Waals surface area contributed by atoms with Gasteiger partial charge in [-0.2, -0.15) is 0 Å². The first-order chi connectivity index (χ1) is 10.8. The molecule has 0 spiro atoms. The molecule has 0 unspecified atom stereocenters. The summed E-state index contributed by atoms with van der Waals surface area (Å²) in [5.41, 5.74) is 9.76. The van der Waals surface area contributed by atoms with Gasteiger partial charge in [-0.25, -0.2) is 0 Å². The molecule has 1 aromatic rings. The maximum Gasteiger partial charge on any atom is 0.320 e. The van der Waals surface area contributed by atoms with Crippen LogP contribution in [0.15, 0.2) is 24.5 Å². The Labute approximate surface area is 129 Å². The smallest absolute Gasteiger partial charge is 0.320 e. The number of nitrogens with two attached hydrogens (primary N) is 1. The summed E-state index contributed by atoms with van der Waals surface area (Å²) in [5, 5.41) is 17.8. The van der Waals surface area contributed by atoms with Crippen LogP contribution in [-0.2, 0) is 14.4 Å². The average Bonchev–Trinajstić information content (AvgIpc) is 3.28. The highest BCUT2D eigenvalue weighted by molar-refractivity contribution is 5.97. The molecule has 0 aliphatic heterocycles. The van der Waals surface area contributed by atoms with E-state index in [9.17, 15) is 19.2 Å². The standard InChI is InChI=1S/C13H14N4O6/c14-9(13(22)23)6-7(8(6)12(20)21)11(19)17-16-10(18)5-2-1-3-15-4-5/h1-4,6-9H,14H2,(H,16,18)(H,17,19)(H,20,21)(H,22,23)/t6-,7+,8+,9-/m0/s1. The molecule has 1 heterocycles. The van der Waals surface area contributed by atoms with Gasteiger partial charge in [-0.1, -0.05) is 0 Å². The lowest BCUT2D eigenvalue weighted by Gasteiger charge is -2.08. The zero-order valence-corrected chi connectivity index (χ0v) is 11.7. The lowest BCUT2D eigenvalue weighted by Crippen LogP contribution is -2.43. The quantitative estimate of drug-likeness (QED) is 0.395. The number of aliphatic carboxylic acids is 2. The second kappa shape index (κ2) is 6.40. The van der Waals surface area contributed by atoms with E-state index in [0.29, 0.717) is 0 Å². The van der Waals surface area contributed by atoms with E-state index in [0.717, 1.165) is 0 Å². The summed E-state index contributed by atoms with van der Waals surface area (Å²) >= 11 is 0. The van der Waals surface area contributed by atoms with Crippen molar-refractivity contribution in [2.75, 3.05) is 0 Å². The summed E-state index contributed by atoms with van der Waals surface area (Å²) in [6, 6.07) is 1.52. The lowest BCUT2D eigenvalue weighted by molar-refractivity contribution is -0.141. The Bertz CT molecular complexity index is 649. The van der Waals surface area contributed by atoms with Crippen LogP contribution in [0.2, 0.25) is 0 Å². The third-order valence-corrected chi connectivity index (χ3v) is 3.59. The normalized spacial score (nSPS) is 23.4. The van der Waals surface area contributed by atoms with Gasteiger partial charge in [0.1, 0.15) is 6.04 Å². The minimum Gasteiger partial charge on any atom is -0.481 e. The Balaban J connectivity index is 1.96. The molecule has 10 heteroatoms. The number of carbonyl (C=O) groups is 4. The van der Waals surface area contributed by atoms with Crippen LogP contribution in [-0.4, -0.2) is 45.0 Å². The maximum atomic E-state index is 11.9. The SMILES string of the molecule is N[C@H](C(=O)O)[C@@H]1[C@@H](C(=O)O)[C@@H]1C(=O)NNC(=O)c1cccnc1. The Kier molecular flexibility index (Phi) is 4.55. The molecule has 0 saturated heterocycles. The van der Waals surface area contributed by atoms with Crippen LogP contribution in [0, 0.1) is 17.8 Å². The Morgan fingerprint density at radius 1 is 1.17 bits per heavy atom. The second-order valence-electron chi connectivity index (χ2n) is 5.02. The van der Waals surface area contributed by atoms with E-state index in [1.807, 2.05) is 0 Å². The number of carboxylic acid groups (broad SMARTS) is 2. The molecule has 0 aromatic carbocycles. The molecular weight excluding hydrogens is 308 g/mol. The summed E-state index contributed by atoms with van der Waals surface area (Å²) in [6.45, 7) is 0. The van der Waals surface area contributed by atoms with Crippen LogP contribution in [0.5, 0.6) is 0 Å². The van der Waals surface area contributed by atoms with Crippen molar-refractivity contribution in [2.45, 2.75) is 6.04 Å². The van der Waals surface area contributed by atoms with Gasteiger partial charge in [-0.15, -0.1) is 0 Å². The molecule has 0 bridgehead atoms. The van der Waals surface area contributed by atoms with Crippen LogP contribution in [0.25, 0.3) is 0 Å². The van der Waals surface area contributed by atoms with Crippen molar-refractivity contribution in [3.8, 4) is 0 Å². The molecular formula is C13H14N4O6. The molecule has 1 fully saturated rings. The van der Waals surface area contributed by atoms with Gasteiger partial charge < -0.3 is 15.9 Å². The third-order valence-electron chi connectivity index (χ3n) is 3.59. The molecule has 1 aliphatic rings. The molecule has 23 heavy (non-hydrogen) atoms. The number of nitrogens with one attached hydrogen (secondary N) is 2. The molecule has 1 saturated carbocycles. The first-order valence-electron chi connectivity index (χ1n) is 6.56. The number of aromatic nitrogens is 1. The highest BCUT2D eigenvalue weighted by Crippen LogP contribution is 2.48. The van der Waals surface area contributed by atoms with E-state index in [1.54, 1.807) is 0 Å². The average molecular weight is 322 g/mol. The fourth-order valence-electron chi connectivity index (χ4n) is 2.37. The molecule has 0 radical (unpaired) electrons. The van der Waals surface area contributed by atoms with E-state index in [-0.39, 0.29) is 5.56 Å². The zero-order valence-electron chi connectivity index (χ0n) is 11.7. The van der Waals surface area contributed by atoms with Gasteiger partial charge in [0, 0.05) is 18.3 Å². The molecule has 2 rings (SSSR count). The molecule has 1 aliphatic carbocycles. The topological polar surface area (TPSA) is 172 Å². The number of nitrogens with zero attached hydrogens (tertiary/aromatic N) is 1. The van der Waals surface area contributed by atoms with E-state index in [1.165, 1.54) is 24.5 Å². The van der Waals surface area contributed by atoms with Gasteiger partial charge in [0.05, 0.1) is 17.4 Å². The predicted molar refractivity (Wildman–Crippen MR) is 73.6 cm³/mol. The van der Waals surface area contributed by atoms with Crippen molar-refractivity contribution in [3.63, 3.8) is 0 Å². The van der Waals surface area contributed by atoms with E-state index in [2.05, 4.69) is 15.8 Å². The minimum atomic E-state index is -1.47. The molecule has 4 atom stereocenters. The summed E-state index contributed by atoms with van der Waals surface area (Å²) in [5.74, 6) is -7.50. The van der Waals surface area contributed by atoms with Gasteiger partial charge in [-0.3, -0.25) is 35.0 Å². The Morgan fingerprint density at radius 2 is 1.87 bits per heavy atom. The summed E-state index contributed by atoms with van der Waals surface area (Å²) < 4.78 is 0. The van der Waals surface area contributed by atoms with Gasteiger partial charge >= 0.3 is 11.9 Å². The van der Waals surface area contributed by atoms with Crippen molar-refractivity contribution in [2.24, 2.45) is 23.5 Å². The van der Waals surface area contributed by atoms with Crippen LogP contribution in [0.1, 0.15) is 10.4 Å². The summed E-state index contributed by atoms with van der Waals surface area (Å²) in [4.78, 5) is 49.3. The van der Waals surface area contributed by atoms with E-state index in [4.69, 9.17) is 15.9 Å². The highest BCUT2D eigenvalue weighted by atomic mass is 16.4. The number of hydrazine groups is 1. The minimum absolute atomic E-state index is 0.192. The number of hydrogen-bond acceptors (Lipinski definition) is 6. The fourth-order valence-corrected chi connectivity index (χ4v) is 2.37. The van der Waals surface area contributed by atoms with Crippen LogP contribution in [0.3, 0.4) is 0 Å². The van der Waals surface area contributed by atoms with Crippen LogP contribution >= 0.6 is 0 Å². The first-order valence-corrected chi connectivity index (χ1v) is 6.56. The van der Waals surface area contributed by atoms with Crippen molar-refractivity contribution in [3.05, 3.63) is 30.1 Å². The summed E-state index contributed by atoms with van der Waals surface area (Å²) in [6.07, 6.45) is 2.75. The number of rotatable bonds is 5. The van der Waals surface area contributed by atoms with Crippen molar-refractivity contribution in [1.29, 1.82) is 0 Å². The van der Waals surface area contributed by atoms with Crippen molar-refractivity contribution < 1.29 is 29.4 Å². The number of hydrogen-bond donors (Lipinski definition) is 5. The molecule has 10 nitrogen and oxygen atoms in total. The molecule has 1 aromatic heterocycles. The van der Waals surface area contributed by atoms with Crippen molar-refractivity contribution >= 4 is 23.8 Å². The van der Waals surface area contributed by atoms with Gasteiger partial charge in [0.25, 0.3) is 5.91 Å². The Hall–Kier alpha value is -3.01. The van der Waals surface area contributed by atoms with Gasteiger partial charge in [0.15, 0.2) is 0 Å². The number of carboxylic acids is 2. The summed E-state index contributed by atoms with van der Waals surface area (Å²) in [7, 11) is 0. The van der Waals surface area contributed by atoms with Gasteiger partial charge in [-0.05, 0) is 12.1 Å². The maximum absolute atomic E-state index is 11.9. The molecule has 2 amide bonds. The fraction of sp³-hybridized carbons (Fsp3) is 0.308. The lowest BCUT2D eigenvalue weighted by atomic mass is 10.1. The van der Waals surface area contributed by atoms with Crippen LogP contribution < -0.4 is 16.6 Å². The largest absolute Gasteiger partial charge is 0.481 e. The number of carbonyl (C=O) groups excluding carboxylic acids is 2. The molecule has 122 valence electrons. The van der Waals surface area contributed by atoms with Gasteiger partial charge in [0.2, 0.25) is 5.91 Å². The number of pyridine rings is 1. The zero-order chi connectivity index (χ0) is 17.1. The highest BCUT2D eigenvalue weighted by Gasteiger charge is 2.63. The van der Waals surface area contributed by atoms with E-state index >= 15 is 0 Å². The predicted octanol–water partition coefficient (Wildman–Crippen LogP) is -1.80. The molecule has 6 N–H and O–H groups in total.